The van der Waals surface area contributed by atoms with Crippen LogP contribution in [-0.2, 0) is 33.8 Å². The zero-order chi connectivity index (χ0) is 25.5. The summed E-state index contributed by atoms with van der Waals surface area (Å²) in [5.74, 6) is 0.122. The van der Waals surface area contributed by atoms with Crippen molar-refractivity contribution in [2.45, 2.75) is 37.9 Å². The van der Waals surface area contributed by atoms with E-state index in [4.69, 9.17) is 30.5 Å². The number of methoxy groups -OCH3 is 1. The number of nitrogens with zero attached hydrogens (tertiary/aromatic N) is 2. The van der Waals surface area contributed by atoms with Gasteiger partial charge in [0.1, 0.15) is 11.9 Å². The second-order valence-electron chi connectivity index (χ2n) is 9.26. The zero-order valence-electron chi connectivity index (χ0n) is 20.9. The molecule has 1 aromatic heterocycles. The average molecular weight is 519 g/mol. The van der Waals surface area contributed by atoms with Gasteiger partial charge < -0.3 is 23.5 Å². The summed E-state index contributed by atoms with van der Waals surface area (Å²) in [5, 5.41) is 0.738. The van der Waals surface area contributed by atoms with E-state index in [2.05, 4.69) is 41.4 Å². The van der Waals surface area contributed by atoms with Crippen LogP contribution in [0.5, 0.6) is 5.75 Å². The normalized spacial score (nSPS) is 19.2. The van der Waals surface area contributed by atoms with Gasteiger partial charge in [0.15, 0.2) is 5.79 Å². The number of halogens is 1. The summed E-state index contributed by atoms with van der Waals surface area (Å²) in [6, 6.07) is 24.4. The summed E-state index contributed by atoms with van der Waals surface area (Å²) in [6.07, 6.45) is 6.91. The largest absolute Gasteiger partial charge is 0.497 e. The number of rotatable bonds is 11. The third-order valence-electron chi connectivity index (χ3n) is 6.55. The highest BCUT2D eigenvalue weighted by atomic mass is 35.5. The molecule has 0 aliphatic carbocycles. The first kappa shape index (κ1) is 25.5. The lowest BCUT2D eigenvalue weighted by molar-refractivity contribution is -0.187. The van der Waals surface area contributed by atoms with Crippen molar-refractivity contribution in [3.8, 4) is 16.9 Å². The molecule has 0 saturated carbocycles. The second kappa shape index (κ2) is 11.9. The standard InChI is InChI=1S/C30H31ClN2O4/c1-34-28-12-4-23(5-13-28)14-15-30(21-33-17-16-32-22-33)36-20-29(37-30)19-35-18-24-2-6-25(7-3-24)26-8-10-27(31)11-9-26/h2-13,16-17,22,29H,14-15,18-21H2,1H3. The van der Waals surface area contributed by atoms with Crippen molar-refractivity contribution in [2.75, 3.05) is 20.3 Å². The molecule has 7 heteroatoms. The van der Waals surface area contributed by atoms with Crippen LogP contribution in [0.3, 0.4) is 0 Å². The van der Waals surface area contributed by atoms with Crippen molar-refractivity contribution in [1.29, 1.82) is 0 Å². The van der Waals surface area contributed by atoms with Crippen LogP contribution in [0, 0.1) is 0 Å². The van der Waals surface area contributed by atoms with Crippen LogP contribution < -0.4 is 4.74 Å². The number of ether oxygens (including phenoxy) is 4. The molecule has 2 heterocycles. The lowest BCUT2D eigenvalue weighted by Crippen LogP contribution is -2.37. The second-order valence-corrected chi connectivity index (χ2v) is 9.70. The Balaban J connectivity index is 1.15. The summed E-state index contributed by atoms with van der Waals surface area (Å²) >= 11 is 6.00. The minimum absolute atomic E-state index is 0.132. The van der Waals surface area contributed by atoms with Gasteiger partial charge in [-0.2, -0.15) is 0 Å². The number of aryl methyl sites for hydroxylation is 1. The SMILES string of the molecule is COc1ccc(CCC2(Cn3ccnc3)OCC(COCc3ccc(-c4ccc(Cl)cc4)cc3)O2)cc1. The Morgan fingerprint density at radius 1 is 0.973 bits per heavy atom. The van der Waals surface area contributed by atoms with Gasteiger partial charge in [-0.15, -0.1) is 0 Å². The van der Waals surface area contributed by atoms with Crippen LogP contribution >= 0.6 is 11.6 Å². The van der Waals surface area contributed by atoms with Crippen LogP contribution in [-0.4, -0.2) is 41.8 Å². The fraction of sp³-hybridized carbons (Fsp3) is 0.300. The molecule has 4 aromatic rings. The Hall–Kier alpha value is -3.16. The number of benzene rings is 3. The predicted octanol–water partition coefficient (Wildman–Crippen LogP) is 6.17. The molecule has 0 radical (unpaired) electrons. The summed E-state index contributed by atoms with van der Waals surface area (Å²) in [6.45, 7) is 2.05. The van der Waals surface area contributed by atoms with Gasteiger partial charge in [-0.05, 0) is 52.9 Å². The minimum Gasteiger partial charge on any atom is -0.497 e. The molecule has 6 nitrogen and oxygen atoms in total. The van der Waals surface area contributed by atoms with Gasteiger partial charge in [0.05, 0.1) is 39.8 Å². The Morgan fingerprint density at radius 2 is 1.68 bits per heavy atom. The van der Waals surface area contributed by atoms with Gasteiger partial charge in [0.2, 0.25) is 0 Å². The molecule has 2 unspecified atom stereocenters. The summed E-state index contributed by atoms with van der Waals surface area (Å²) in [5.41, 5.74) is 4.60. The first-order valence-corrected chi connectivity index (χ1v) is 12.8. The van der Waals surface area contributed by atoms with Gasteiger partial charge in [0, 0.05) is 23.8 Å². The Morgan fingerprint density at radius 3 is 2.35 bits per heavy atom. The maximum Gasteiger partial charge on any atom is 0.187 e. The summed E-state index contributed by atoms with van der Waals surface area (Å²) in [4.78, 5) is 4.17. The molecule has 0 N–H and O–H groups in total. The van der Waals surface area contributed by atoms with E-state index in [1.807, 2.05) is 47.2 Å². The lowest BCUT2D eigenvalue weighted by Gasteiger charge is -2.28. The third kappa shape index (κ3) is 6.79. The molecule has 1 aliphatic rings. The molecule has 37 heavy (non-hydrogen) atoms. The quantitative estimate of drug-likeness (QED) is 0.237. The van der Waals surface area contributed by atoms with E-state index in [0.717, 1.165) is 40.3 Å². The highest BCUT2D eigenvalue weighted by Gasteiger charge is 2.41. The van der Waals surface area contributed by atoms with Gasteiger partial charge in [-0.3, -0.25) is 0 Å². The van der Waals surface area contributed by atoms with E-state index in [-0.39, 0.29) is 6.10 Å². The molecular weight excluding hydrogens is 488 g/mol. The highest BCUT2D eigenvalue weighted by Crippen LogP contribution is 2.31. The van der Waals surface area contributed by atoms with Crippen LogP contribution in [0.15, 0.2) is 91.5 Å². The molecule has 1 saturated heterocycles. The van der Waals surface area contributed by atoms with E-state index >= 15 is 0 Å². The predicted molar refractivity (Wildman–Crippen MR) is 144 cm³/mol. The molecule has 2 atom stereocenters. The fourth-order valence-electron chi connectivity index (χ4n) is 4.52. The number of imidazole rings is 1. The molecule has 3 aromatic carbocycles. The lowest BCUT2D eigenvalue weighted by atomic mass is 10.0. The highest BCUT2D eigenvalue weighted by molar-refractivity contribution is 6.30. The molecule has 1 fully saturated rings. The first-order chi connectivity index (χ1) is 18.1. The van der Waals surface area contributed by atoms with Gasteiger partial charge in [-0.1, -0.05) is 60.1 Å². The van der Waals surface area contributed by atoms with Gasteiger partial charge >= 0.3 is 0 Å². The fourth-order valence-corrected chi connectivity index (χ4v) is 4.65. The van der Waals surface area contributed by atoms with E-state index in [1.54, 1.807) is 19.6 Å². The first-order valence-electron chi connectivity index (χ1n) is 12.4. The van der Waals surface area contributed by atoms with Crippen LogP contribution in [0.25, 0.3) is 11.1 Å². The number of hydrogen-bond donors (Lipinski definition) is 0. The Labute approximate surface area is 222 Å². The number of hydrogen-bond acceptors (Lipinski definition) is 5. The molecule has 5 rings (SSSR count). The molecule has 0 amide bonds. The van der Waals surface area contributed by atoms with E-state index in [9.17, 15) is 0 Å². The van der Waals surface area contributed by atoms with E-state index in [0.29, 0.717) is 26.4 Å². The topological polar surface area (TPSA) is 54.7 Å². The number of aromatic nitrogens is 2. The van der Waals surface area contributed by atoms with Crippen molar-refractivity contribution >= 4 is 11.6 Å². The third-order valence-corrected chi connectivity index (χ3v) is 6.81. The Bertz CT molecular complexity index is 1240. The molecule has 192 valence electrons. The molecule has 1 aliphatic heterocycles. The van der Waals surface area contributed by atoms with E-state index < -0.39 is 5.79 Å². The summed E-state index contributed by atoms with van der Waals surface area (Å²) in [7, 11) is 1.67. The maximum atomic E-state index is 6.48. The smallest absolute Gasteiger partial charge is 0.187 e. The van der Waals surface area contributed by atoms with Crippen molar-refractivity contribution in [1.82, 2.24) is 9.55 Å². The zero-order valence-corrected chi connectivity index (χ0v) is 21.6. The monoisotopic (exact) mass is 518 g/mol. The van der Waals surface area contributed by atoms with Crippen LogP contribution in [0.2, 0.25) is 5.02 Å². The molecule has 0 spiro atoms. The summed E-state index contributed by atoms with van der Waals surface area (Å²) < 4.78 is 26.1. The van der Waals surface area contributed by atoms with Crippen molar-refractivity contribution in [2.24, 2.45) is 0 Å². The average Bonchev–Trinajstić information content (AvgIpc) is 3.59. The van der Waals surface area contributed by atoms with Crippen molar-refractivity contribution in [3.63, 3.8) is 0 Å². The van der Waals surface area contributed by atoms with E-state index in [1.165, 1.54) is 5.56 Å². The van der Waals surface area contributed by atoms with Crippen LogP contribution in [0.4, 0.5) is 0 Å². The van der Waals surface area contributed by atoms with Crippen molar-refractivity contribution < 1.29 is 18.9 Å². The Kier molecular flexibility index (Phi) is 8.21. The minimum atomic E-state index is -0.727. The molecular formula is C30H31ClN2O4. The van der Waals surface area contributed by atoms with Crippen LogP contribution in [0.1, 0.15) is 17.5 Å². The van der Waals surface area contributed by atoms with Gasteiger partial charge in [0.25, 0.3) is 0 Å². The van der Waals surface area contributed by atoms with Crippen molar-refractivity contribution in [3.05, 3.63) is 108 Å². The molecule has 0 bridgehead atoms. The maximum absolute atomic E-state index is 6.48. The van der Waals surface area contributed by atoms with Gasteiger partial charge in [-0.25, -0.2) is 4.98 Å².